The highest BCUT2D eigenvalue weighted by atomic mass is 32.2. The molecule has 2 N–H and O–H groups in total. The van der Waals surface area contributed by atoms with E-state index in [4.69, 9.17) is 10.5 Å². The number of carbonyl (C=O) groups excluding carboxylic acids is 1. The highest BCUT2D eigenvalue weighted by Crippen LogP contribution is 2.20. The number of hydrogen-bond donors (Lipinski definition) is 1. The molecule has 1 aromatic carbocycles. The average molecular weight is 362 g/mol. The van der Waals surface area contributed by atoms with E-state index in [1.807, 2.05) is 30.3 Å². The maximum atomic E-state index is 11.0. The third-order valence-corrected chi connectivity index (χ3v) is 4.52. The van der Waals surface area contributed by atoms with E-state index in [1.165, 1.54) is 0 Å². The fourth-order valence-electron chi connectivity index (χ4n) is 2.32. The summed E-state index contributed by atoms with van der Waals surface area (Å²) in [6.07, 6.45) is 1.75. The van der Waals surface area contributed by atoms with Gasteiger partial charge in [0.05, 0.1) is 6.61 Å². The number of aryl methyl sites for hydroxylation is 1. The second-order valence-electron chi connectivity index (χ2n) is 6.23. The van der Waals surface area contributed by atoms with Crippen LogP contribution in [0.3, 0.4) is 0 Å². The first kappa shape index (κ1) is 19.3. The summed E-state index contributed by atoms with van der Waals surface area (Å²) in [5, 5.41) is 9.42. The van der Waals surface area contributed by atoms with Gasteiger partial charge in [-0.2, -0.15) is 0 Å². The maximum Gasteiger partial charge on any atom is 0.217 e. The van der Waals surface area contributed by atoms with Crippen LogP contribution in [0.5, 0.6) is 5.75 Å². The number of carbonyl (C=O) groups is 1. The molecular formula is C18H26N4O2S. The standard InChI is InChI=1S/C18H26N4O2S/c1-14(2)13-22-17(10-9-16(19)23)20-21-18(22)25-12-6-11-24-15-7-4-3-5-8-15/h3-5,7-8,14H,6,9-13H2,1-2H3,(H2,19,23). The zero-order chi connectivity index (χ0) is 18.1. The van der Waals surface area contributed by atoms with Gasteiger partial charge in [-0.15, -0.1) is 10.2 Å². The molecule has 0 radical (unpaired) electrons. The van der Waals surface area contributed by atoms with E-state index in [0.717, 1.165) is 35.4 Å². The first-order valence-electron chi connectivity index (χ1n) is 8.57. The van der Waals surface area contributed by atoms with Crippen LogP contribution in [0.1, 0.15) is 32.5 Å². The molecule has 0 aliphatic heterocycles. The van der Waals surface area contributed by atoms with Crippen molar-refractivity contribution in [1.82, 2.24) is 14.8 Å². The summed E-state index contributed by atoms with van der Waals surface area (Å²) >= 11 is 1.67. The molecular weight excluding hydrogens is 336 g/mol. The predicted molar refractivity (Wildman–Crippen MR) is 99.7 cm³/mol. The van der Waals surface area contributed by atoms with E-state index >= 15 is 0 Å². The lowest BCUT2D eigenvalue weighted by Gasteiger charge is -2.12. The number of para-hydroxylation sites is 1. The number of ether oxygens (including phenoxy) is 1. The third-order valence-electron chi connectivity index (χ3n) is 3.47. The molecule has 25 heavy (non-hydrogen) atoms. The fourth-order valence-corrected chi connectivity index (χ4v) is 3.20. The largest absolute Gasteiger partial charge is 0.494 e. The van der Waals surface area contributed by atoms with Gasteiger partial charge in [0.15, 0.2) is 5.16 Å². The number of aromatic nitrogens is 3. The van der Waals surface area contributed by atoms with E-state index < -0.39 is 0 Å². The molecule has 0 atom stereocenters. The van der Waals surface area contributed by atoms with Crippen LogP contribution in [0.15, 0.2) is 35.5 Å². The van der Waals surface area contributed by atoms with Crippen LogP contribution in [-0.2, 0) is 17.8 Å². The Morgan fingerprint density at radius 1 is 1.28 bits per heavy atom. The minimum absolute atomic E-state index is 0.297. The van der Waals surface area contributed by atoms with Gasteiger partial charge >= 0.3 is 0 Å². The molecule has 2 aromatic rings. The van der Waals surface area contributed by atoms with Crippen LogP contribution in [0, 0.1) is 5.92 Å². The summed E-state index contributed by atoms with van der Waals surface area (Å²) in [6.45, 7) is 5.81. The quantitative estimate of drug-likeness (QED) is 0.491. The Bertz CT molecular complexity index is 658. The second kappa shape index (κ2) is 10.1. The first-order valence-corrected chi connectivity index (χ1v) is 9.56. The summed E-state index contributed by atoms with van der Waals surface area (Å²) in [7, 11) is 0. The summed E-state index contributed by atoms with van der Waals surface area (Å²) in [4.78, 5) is 11.0. The number of thioether (sulfide) groups is 1. The Morgan fingerprint density at radius 3 is 2.72 bits per heavy atom. The van der Waals surface area contributed by atoms with Crippen molar-refractivity contribution in [2.24, 2.45) is 11.7 Å². The molecule has 2 rings (SSSR count). The van der Waals surface area contributed by atoms with Gasteiger partial charge in [-0.05, 0) is 24.5 Å². The lowest BCUT2D eigenvalue weighted by molar-refractivity contribution is -0.118. The van der Waals surface area contributed by atoms with E-state index in [0.29, 0.717) is 25.4 Å². The van der Waals surface area contributed by atoms with Crippen molar-refractivity contribution in [2.45, 2.75) is 44.8 Å². The SMILES string of the molecule is CC(C)Cn1c(CCC(N)=O)nnc1SCCCOc1ccccc1. The summed E-state index contributed by atoms with van der Waals surface area (Å²) in [5.74, 6) is 2.79. The van der Waals surface area contributed by atoms with E-state index in [9.17, 15) is 4.79 Å². The lowest BCUT2D eigenvalue weighted by Crippen LogP contribution is -2.15. The number of hydrogen-bond acceptors (Lipinski definition) is 5. The summed E-state index contributed by atoms with van der Waals surface area (Å²) in [5.41, 5.74) is 5.24. The monoisotopic (exact) mass is 362 g/mol. The molecule has 0 unspecified atom stereocenters. The van der Waals surface area contributed by atoms with Crippen molar-refractivity contribution in [2.75, 3.05) is 12.4 Å². The van der Waals surface area contributed by atoms with Crippen LogP contribution in [0.4, 0.5) is 0 Å². The van der Waals surface area contributed by atoms with Crippen LogP contribution in [-0.4, -0.2) is 33.0 Å². The van der Waals surface area contributed by atoms with E-state index in [1.54, 1.807) is 11.8 Å². The first-order chi connectivity index (χ1) is 12.1. The lowest BCUT2D eigenvalue weighted by atomic mass is 10.2. The summed E-state index contributed by atoms with van der Waals surface area (Å²) in [6, 6.07) is 9.81. The number of amides is 1. The topological polar surface area (TPSA) is 83.0 Å². The van der Waals surface area contributed by atoms with Crippen molar-refractivity contribution < 1.29 is 9.53 Å². The molecule has 1 heterocycles. The Kier molecular flexibility index (Phi) is 7.78. The van der Waals surface area contributed by atoms with E-state index in [-0.39, 0.29) is 5.91 Å². The molecule has 0 saturated carbocycles. The van der Waals surface area contributed by atoms with Crippen molar-refractivity contribution >= 4 is 17.7 Å². The highest BCUT2D eigenvalue weighted by molar-refractivity contribution is 7.99. The van der Waals surface area contributed by atoms with Crippen LogP contribution >= 0.6 is 11.8 Å². The highest BCUT2D eigenvalue weighted by Gasteiger charge is 2.14. The van der Waals surface area contributed by atoms with Gasteiger partial charge in [0.1, 0.15) is 11.6 Å². The Balaban J connectivity index is 1.84. The smallest absolute Gasteiger partial charge is 0.217 e. The molecule has 136 valence electrons. The minimum atomic E-state index is -0.314. The van der Waals surface area contributed by atoms with Gasteiger partial charge < -0.3 is 15.0 Å². The Hall–Kier alpha value is -2.02. The zero-order valence-electron chi connectivity index (χ0n) is 14.9. The molecule has 0 aliphatic rings. The van der Waals surface area contributed by atoms with Crippen molar-refractivity contribution in [3.05, 3.63) is 36.2 Å². The van der Waals surface area contributed by atoms with Gasteiger partial charge in [-0.1, -0.05) is 43.8 Å². The van der Waals surface area contributed by atoms with Crippen molar-refractivity contribution in [3.63, 3.8) is 0 Å². The van der Waals surface area contributed by atoms with Gasteiger partial charge in [0.2, 0.25) is 5.91 Å². The van der Waals surface area contributed by atoms with Gasteiger partial charge in [-0.25, -0.2) is 0 Å². The number of nitrogens with two attached hydrogens (primary N) is 1. The van der Waals surface area contributed by atoms with Gasteiger partial charge in [0.25, 0.3) is 0 Å². The number of primary amides is 1. The average Bonchev–Trinajstić information content (AvgIpc) is 2.95. The second-order valence-corrected chi connectivity index (χ2v) is 7.30. The third kappa shape index (κ3) is 6.78. The minimum Gasteiger partial charge on any atom is -0.494 e. The molecule has 0 spiro atoms. The fraction of sp³-hybridized carbons (Fsp3) is 0.500. The number of nitrogens with zero attached hydrogens (tertiary/aromatic N) is 3. The molecule has 7 heteroatoms. The molecule has 0 bridgehead atoms. The number of rotatable bonds is 11. The normalized spacial score (nSPS) is 11.0. The van der Waals surface area contributed by atoms with E-state index in [2.05, 4.69) is 28.6 Å². The molecule has 6 nitrogen and oxygen atoms in total. The van der Waals surface area contributed by atoms with Crippen molar-refractivity contribution in [3.8, 4) is 5.75 Å². The predicted octanol–water partition coefficient (Wildman–Crippen LogP) is 2.91. The molecule has 0 aliphatic carbocycles. The van der Waals surface area contributed by atoms with Gasteiger partial charge in [-0.3, -0.25) is 4.79 Å². The Morgan fingerprint density at radius 2 is 2.04 bits per heavy atom. The van der Waals surface area contributed by atoms with Crippen LogP contribution in [0.25, 0.3) is 0 Å². The van der Waals surface area contributed by atoms with Crippen molar-refractivity contribution in [1.29, 1.82) is 0 Å². The Labute approximate surface area is 153 Å². The summed E-state index contributed by atoms with van der Waals surface area (Å²) < 4.78 is 7.81. The molecule has 0 fully saturated rings. The number of benzene rings is 1. The maximum absolute atomic E-state index is 11.0. The molecule has 1 amide bonds. The van der Waals surface area contributed by atoms with Crippen LogP contribution in [0.2, 0.25) is 0 Å². The van der Waals surface area contributed by atoms with Crippen LogP contribution < -0.4 is 10.5 Å². The molecule has 0 saturated heterocycles. The van der Waals surface area contributed by atoms with Gasteiger partial charge in [0, 0.05) is 25.1 Å². The zero-order valence-corrected chi connectivity index (χ0v) is 15.7. The molecule has 1 aromatic heterocycles.